The van der Waals surface area contributed by atoms with Crippen molar-refractivity contribution in [2.24, 2.45) is 0 Å². The lowest BCUT2D eigenvalue weighted by Gasteiger charge is -2.33. The van der Waals surface area contributed by atoms with E-state index in [4.69, 9.17) is 17.0 Å². The molecule has 1 rings (SSSR count). The van der Waals surface area contributed by atoms with Crippen LogP contribution >= 0.6 is 12.2 Å². The average molecular weight is 244 g/mol. The molecule has 0 atom stereocenters. The standard InChI is InChI=1S/C12H24N2OS/c1-4-11(5-2)14(8-9-15-3)12(16)13-10-6-7-10/h10-11H,4-9H2,1-3H3,(H,13,16). The molecule has 0 bridgehead atoms. The predicted molar refractivity (Wildman–Crippen MR) is 71.7 cm³/mol. The molecule has 0 aromatic heterocycles. The van der Waals surface area contributed by atoms with E-state index < -0.39 is 0 Å². The molecule has 3 nitrogen and oxygen atoms in total. The molecule has 0 aromatic rings. The first-order valence-electron chi connectivity index (χ1n) is 6.28. The van der Waals surface area contributed by atoms with Crippen LogP contribution in [0.1, 0.15) is 39.5 Å². The molecular formula is C12H24N2OS. The zero-order valence-corrected chi connectivity index (χ0v) is 11.5. The van der Waals surface area contributed by atoms with E-state index in [1.54, 1.807) is 7.11 Å². The molecule has 16 heavy (non-hydrogen) atoms. The number of methoxy groups -OCH3 is 1. The van der Waals surface area contributed by atoms with E-state index in [1.807, 2.05) is 0 Å². The lowest BCUT2D eigenvalue weighted by molar-refractivity contribution is 0.158. The molecule has 94 valence electrons. The minimum atomic E-state index is 0.536. The van der Waals surface area contributed by atoms with E-state index in [2.05, 4.69) is 24.1 Å². The Morgan fingerprint density at radius 1 is 1.44 bits per heavy atom. The van der Waals surface area contributed by atoms with Gasteiger partial charge in [0.1, 0.15) is 0 Å². The first kappa shape index (κ1) is 13.7. The van der Waals surface area contributed by atoms with E-state index in [9.17, 15) is 0 Å². The molecule has 0 unspecified atom stereocenters. The van der Waals surface area contributed by atoms with Crippen LogP contribution in [0.2, 0.25) is 0 Å². The normalized spacial score (nSPS) is 15.2. The third-order valence-corrected chi connectivity index (χ3v) is 3.44. The van der Waals surface area contributed by atoms with Crippen molar-refractivity contribution in [2.45, 2.75) is 51.6 Å². The summed E-state index contributed by atoms with van der Waals surface area (Å²) in [4.78, 5) is 2.29. The highest BCUT2D eigenvalue weighted by Crippen LogP contribution is 2.20. The largest absolute Gasteiger partial charge is 0.383 e. The molecule has 4 heteroatoms. The van der Waals surface area contributed by atoms with E-state index in [0.29, 0.717) is 12.1 Å². The van der Waals surface area contributed by atoms with Crippen molar-refractivity contribution in [3.63, 3.8) is 0 Å². The maximum atomic E-state index is 5.47. The van der Waals surface area contributed by atoms with Crippen molar-refractivity contribution < 1.29 is 4.74 Å². The van der Waals surface area contributed by atoms with E-state index in [-0.39, 0.29) is 0 Å². The molecule has 0 radical (unpaired) electrons. The zero-order chi connectivity index (χ0) is 12.0. The summed E-state index contributed by atoms with van der Waals surface area (Å²) in [5.41, 5.74) is 0. The summed E-state index contributed by atoms with van der Waals surface area (Å²) in [6.45, 7) is 6.06. The molecule has 0 aromatic carbocycles. The number of nitrogens with one attached hydrogen (secondary N) is 1. The molecule has 0 heterocycles. The highest BCUT2D eigenvalue weighted by Gasteiger charge is 2.25. The van der Waals surface area contributed by atoms with Crippen molar-refractivity contribution >= 4 is 17.3 Å². The van der Waals surface area contributed by atoms with Crippen molar-refractivity contribution in [1.82, 2.24) is 10.2 Å². The van der Waals surface area contributed by atoms with Crippen LogP contribution in [0.3, 0.4) is 0 Å². The Morgan fingerprint density at radius 2 is 2.06 bits per heavy atom. The average Bonchev–Trinajstić information content (AvgIpc) is 3.08. The summed E-state index contributed by atoms with van der Waals surface area (Å²) in [6.07, 6.45) is 4.79. The van der Waals surface area contributed by atoms with Gasteiger partial charge in [-0.1, -0.05) is 13.8 Å². The number of ether oxygens (including phenoxy) is 1. The molecule has 1 fully saturated rings. The van der Waals surface area contributed by atoms with Crippen LogP contribution < -0.4 is 5.32 Å². The van der Waals surface area contributed by atoms with Gasteiger partial charge < -0.3 is 15.0 Å². The first-order chi connectivity index (χ1) is 7.72. The highest BCUT2D eigenvalue weighted by molar-refractivity contribution is 7.80. The Morgan fingerprint density at radius 3 is 2.50 bits per heavy atom. The summed E-state index contributed by atoms with van der Waals surface area (Å²) in [5.74, 6) is 0. The zero-order valence-electron chi connectivity index (χ0n) is 10.7. The smallest absolute Gasteiger partial charge is 0.169 e. The van der Waals surface area contributed by atoms with Gasteiger partial charge in [-0.25, -0.2) is 0 Å². The van der Waals surface area contributed by atoms with Gasteiger partial charge in [0.25, 0.3) is 0 Å². The fourth-order valence-electron chi connectivity index (χ4n) is 1.85. The van der Waals surface area contributed by atoms with Crippen molar-refractivity contribution in [3.05, 3.63) is 0 Å². The predicted octanol–water partition coefficient (Wildman–Crippen LogP) is 2.16. The van der Waals surface area contributed by atoms with Crippen LogP contribution in [0.5, 0.6) is 0 Å². The molecule has 1 saturated carbocycles. The summed E-state index contributed by atoms with van der Waals surface area (Å²) in [5, 5.41) is 4.32. The molecule has 0 amide bonds. The second-order valence-electron chi connectivity index (χ2n) is 4.38. The molecule has 0 spiro atoms. The maximum absolute atomic E-state index is 5.47. The number of hydrogen-bond donors (Lipinski definition) is 1. The molecule has 0 aliphatic heterocycles. The van der Waals surface area contributed by atoms with E-state index in [1.165, 1.54) is 12.8 Å². The van der Waals surface area contributed by atoms with E-state index in [0.717, 1.165) is 31.1 Å². The van der Waals surface area contributed by atoms with Crippen LogP contribution in [0.25, 0.3) is 0 Å². The van der Waals surface area contributed by atoms with Crippen LogP contribution in [0.4, 0.5) is 0 Å². The highest BCUT2D eigenvalue weighted by atomic mass is 32.1. The third-order valence-electron chi connectivity index (χ3n) is 3.09. The van der Waals surface area contributed by atoms with Gasteiger partial charge in [-0.15, -0.1) is 0 Å². The first-order valence-corrected chi connectivity index (χ1v) is 6.69. The molecule has 0 saturated heterocycles. The fraction of sp³-hybridized carbons (Fsp3) is 0.917. The maximum Gasteiger partial charge on any atom is 0.169 e. The quantitative estimate of drug-likeness (QED) is 0.694. The summed E-state index contributed by atoms with van der Waals surface area (Å²) in [7, 11) is 1.74. The third kappa shape index (κ3) is 4.26. The molecule has 1 aliphatic rings. The minimum absolute atomic E-state index is 0.536. The number of thiocarbonyl (C=S) groups is 1. The Labute approximate surface area is 105 Å². The van der Waals surface area contributed by atoms with Gasteiger partial charge in [-0.2, -0.15) is 0 Å². The monoisotopic (exact) mass is 244 g/mol. The Balaban J connectivity index is 2.48. The number of rotatable bonds is 7. The summed E-state index contributed by atoms with van der Waals surface area (Å²) < 4.78 is 5.15. The van der Waals surface area contributed by atoms with Crippen LogP contribution in [0.15, 0.2) is 0 Å². The Kier molecular flexibility index (Phi) is 6.06. The molecular weight excluding hydrogens is 220 g/mol. The second-order valence-corrected chi connectivity index (χ2v) is 4.77. The molecule has 1 aliphatic carbocycles. The van der Waals surface area contributed by atoms with Crippen LogP contribution in [0, 0.1) is 0 Å². The van der Waals surface area contributed by atoms with Gasteiger partial charge >= 0.3 is 0 Å². The van der Waals surface area contributed by atoms with Crippen molar-refractivity contribution in [1.29, 1.82) is 0 Å². The van der Waals surface area contributed by atoms with E-state index >= 15 is 0 Å². The summed E-state index contributed by atoms with van der Waals surface area (Å²) in [6, 6.07) is 1.17. The fourth-order valence-corrected chi connectivity index (χ4v) is 2.26. The van der Waals surface area contributed by atoms with Gasteiger partial charge in [0.15, 0.2) is 5.11 Å². The second kappa shape index (κ2) is 7.07. The topological polar surface area (TPSA) is 24.5 Å². The van der Waals surface area contributed by atoms with Crippen molar-refractivity contribution in [2.75, 3.05) is 20.3 Å². The van der Waals surface area contributed by atoms with Crippen LogP contribution in [-0.2, 0) is 4.74 Å². The SMILES string of the molecule is CCC(CC)N(CCOC)C(=S)NC1CC1. The number of hydrogen-bond acceptors (Lipinski definition) is 2. The number of nitrogens with zero attached hydrogens (tertiary/aromatic N) is 1. The molecule has 1 N–H and O–H groups in total. The summed E-state index contributed by atoms with van der Waals surface area (Å²) >= 11 is 5.47. The lowest BCUT2D eigenvalue weighted by atomic mass is 10.1. The van der Waals surface area contributed by atoms with Gasteiger partial charge in [-0.05, 0) is 37.9 Å². The Hall–Kier alpha value is -0.350. The van der Waals surface area contributed by atoms with Gasteiger partial charge in [0.05, 0.1) is 6.61 Å². The van der Waals surface area contributed by atoms with Crippen LogP contribution in [-0.4, -0.2) is 42.4 Å². The van der Waals surface area contributed by atoms with Gasteiger partial charge in [0.2, 0.25) is 0 Å². The Bertz CT molecular complexity index is 215. The van der Waals surface area contributed by atoms with Crippen molar-refractivity contribution in [3.8, 4) is 0 Å². The minimum Gasteiger partial charge on any atom is -0.383 e. The van der Waals surface area contributed by atoms with Gasteiger partial charge in [0, 0.05) is 25.7 Å². The lowest BCUT2D eigenvalue weighted by Crippen LogP contribution is -2.47. The van der Waals surface area contributed by atoms with Gasteiger partial charge in [-0.3, -0.25) is 0 Å².